The highest BCUT2D eigenvalue weighted by Gasteiger charge is 2.20. The van der Waals surface area contributed by atoms with Crippen LogP contribution in [0.3, 0.4) is 0 Å². The van der Waals surface area contributed by atoms with E-state index in [0.29, 0.717) is 17.7 Å². The Bertz CT molecular complexity index is 504. The molecular formula is C18H25NO3. The van der Waals surface area contributed by atoms with Crippen molar-refractivity contribution in [2.45, 2.75) is 64.5 Å². The molecule has 0 unspecified atom stereocenters. The standard InChI is InChI=1S/C18H25NO3/c1-3-17(20)14-9-11-16(12-10-14)22-13(2)18(21)19-15-7-5-4-6-8-15/h9-13,15H,3-8H2,1-2H3,(H,19,21)/t13-/m1/s1. The van der Waals surface area contributed by atoms with Crippen LogP contribution in [0.15, 0.2) is 24.3 Å². The molecule has 0 spiro atoms. The molecule has 120 valence electrons. The first kappa shape index (κ1) is 16.5. The number of hydrogen-bond acceptors (Lipinski definition) is 3. The van der Waals surface area contributed by atoms with Crippen LogP contribution in [0.1, 0.15) is 62.7 Å². The third-order valence-electron chi connectivity index (χ3n) is 4.13. The van der Waals surface area contributed by atoms with Crippen molar-refractivity contribution in [3.8, 4) is 5.75 Å². The van der Waals surface area contributed by atoms with Gasteiger partial charge in [0.2, 0.25) is 0 Å². The summed E-state index contributed by atoms with van der Waals surface area (Å²) in [5, 5.41) is 3.06. The first-order valence-corrected chi connectivity index (χ1v) is 8.20. The third-order valence-corrected chi connectivity index (χ3v) is 4.13. The van der Waals surface area contributed by atoms with Gasteiger partial charge in [0.05, 0.1) is 0 Å². The number of nitrogens with one attached hydrogen (secondary N) is 1. The van der Waals surface area contributed by atoms with E-state index in [2.05, 4.69) is 5.32 Å². The van der Waals surface area contributed by atoms with Gasteiger partial charge in [-0.15, -0.1) is 0 Å². The molecule has 1 aliphatic rings. The fourth-order valence-electron chi connectivity index (χ4n) is 2.75. The van der Waals surface area contributed by atoms with Crippen LogP contribution in [0.4, 0.5) is 0 Å². The molecule has 0 saturated heterocycles. The maximum atomic E-state index is 12.1. The Kier molecular flexibility index (Phi) is 5.99. The molecule has 1 N–H and O–H groups in total. The zero-order valence-corrected chi connectivity index (χ0v) is 13.4. The lowest BCUT2D eigenvalue weighted by molar-refractivity contribution is -0.128. The van der Waals surface area contributed by atoms with Crippen molar-refractivity contribution in [3.05, 3.63) is 29.8 Å². The highest BCUT2D eigenvalue weighted by molar-refractivity contribution is 5.95. The molecule has 1 aliphatic carbocycles. The topological polar surface area (TPSA) is 55.4 Å². The van der Waals surface area contributed by atoms with Crippen molar-refractivity contribution in [1.29, 1.82) is 0 Å². The Labute approximate surface area is 132 Å². The molecule has 1 fully saturated rings. The Balaban J connectivity index is 1.86. The predicted octanol–water partition coefficient (Wildman–Crippen LogP) is 3.50. The molecule has 0 aromatic heterocycles. The number of Topliss-reactive ketones (excluding diaryl/α,β-unsaturated/α-hetero) is 1. The van der Waals surface area contributed by atoms with E-state index in [1.165, 1.54) is 19.3 Å². The molecule has 1 saturated carbocycles. The number of hydrogen-bond donors (Lipinski definition) is 1. The van der Waals surface area contributed by atoms with Gasteiger partial charge >= 0.3 is 0 Å². The van der Waals surface area contributed by atoms with Gasteiger partial charge in [0.1, 0.15) is 5.75 Å². The van der Waals surface area contributed by atoms with Crippen molar-refractivity contribution in [3.63, 3.8) is 0 Å². The minimum atomic E-state index is -0.533. The summed E-state index contributed by atoms with van der Waals surface area (Å²) < 4.78 is 5.66. The maximum absolute atomic E-state index is 12.1. The molecule has 1 aromatic rings. The predicted molar refractivity (Wildman–Crippen MR) is 86.2 cm³/mol. The second-order valence-electron chi connectivity index (χ2n) is 5.90. The second kappa shape index (κ2) is 7.97. The van der Waals surface area contributed by atoms with Crippen LogP contribution >= 0.6 is 0 Å². The van der Waals surface area contributed by atoms with E-state index in [0.717, 1.165) is 12.8 Å². The Hall–Kier alpha value is -1.84. The van der Waals surface area contributed by atoms with Crippen molar-refractivity contribution in [2.75, 3.05) is 0 Å². The van der Waals surface area contributed by atoms with Crippen molar-refractivity contribution < 1.29 is 14.3 Å². The van der Waals surface area contributed by atoms with Gasteiger partial charge in [-0.2, -0.15) is 0 Å². The summed E-state index contributed by atoms with van der Waals surface area (Å²) in [6, 6.07) is 7.26. The second-order valence-corrected chi connectivity index (χ2v) is 5.90. The van der Waals surface area contributed by atoms with Gasteiger partial charge in [-0.25, -0.2) is 0 Å². The normalized spacial score (nSPS) is 16.8. The molecular weight excluding hydrogens is 278 g/mol. The number of ether oxygens (including phenoxy) is 1. The summed E-state index contributed by atoms with van der Waals surface area (Å²) in [6.45, 7) is 3.59. The zero-order valence-electron chi connectivity index (χ0n) is 13.4. The van der Waals surface area contributed by atoms with Crippen LogP contribution in [0.25, 0.3) is 0 Å². The lowest BCUT2D eigenvalue weighted by Gasteiger charge is -2.24. The van der Waals surface area contributed by atoms with Crippen LogP contribution in [0, 0.1) is 0 Å². The summed E-state index contributed by atoms with van der Waals surface area (Å²) in [4.78, 5) is 23.7. The van der Waals surface area contributed by atoms with Gasteiger partial charge < -0.3 is 10.1 Å². The average Bonchev–Trinajstić information content (AvgIpc) is 2.55. The minimum Gasteiger partial charge on any atom is -0.481 e. The Morgan fingerprint density at radius 3 is 2.41 bits per heavy atom. The van der Waals surface area contributed by atoms with Crippen LogP contribution in [-0.2, 0) is 4.79 Å². The minimum absolute atomic E-state index is 0.0689. The fourth-order valence-corrected chi connectivity index (χ4v) is 2.75. The molecule has 1 amide bonds. The molecule has 0 aliphatic heterocycles. The number of rotatable bonds is 6. The van der Waals surface area contributed by atoms with Gasteiger partial charge in [0.25, 0.3) is 5.91 Å². The number of benzene rings is 1. The number of amides is 1. The van der Waals surface area contributed by atoms with Crippen LogP contribution < -0.4 is 10.1 Å². The van der Waals surface area contributed by atoms with Gasteiger partial charge in [-0.3, -0.25) is 9.59 Å². The van der Waals surface area contributed by atoms with E-state index in [4.69, 9.17) is 4.74 Å². The van der Waals surface area contributed by atoms with E-state index < -0.39 is 6.10 Å². The Morgan fingerprint density at radius 2 is 1.82 bits per heavy atom. The first-order valence-electron chi connectivity index (χ1n) is 8.20. The summed E-state index contributed by atoms with van der Waals surface area (Å²) in [7, 11) is 0. The Morgan fingerprint density at radius 1 is 1.18 bits per heavy atom. The van der Waals surface area contributed by atoms with Gasteiger partial charge in [0.15, 0.2) is 11.9 Å². The van der Waals surface area contributed by atoms with Gasteiger partial charge in [0, 0.05) is 18.0 Å². The molecule has 0 radical (unpaired) electrons. The largest absolute Gasteiger partial charge is 0.481 e. The molecule has 1 atom stereocenters. The van der Waals surface area contributed by atoms with Crippen LogP contribution in [0.5, 0.6) is 5.75 Å². The average molecular weight is 303 g/mol. The van der Waals surface area contributed by atoms with Gasteiger partial charge in [-0.05, 0) is 44.0 Å². The molecule has 22 heavy (non-hydrogen) atoms. The highest BCUT2D eigenvalue weighted by Crippen LogP contribution is 2.18. The van der Waals surface area contributed by atoms with Crippen molar-refractivity contribution in [1.82, 2.24) is 5.32 Å². The smallest absolute Gasteiger partial charge is 0.260 e. The van der Waals surface area contributed by atoms with Crippen LogP contribution in [-0.4, -0.2) is 23.8 Å². The number of carbonyl (C=O) groups excluding carboxylic acids is 2. The van der Waals surface area contributed by atoms with E-state index in [1.807, 2.05) is 6.92 Å². The van der Waals surface area contributed by atoms with Crippen molar-refractivity contribution >= 4 is 11.7 Å². The summed E-state index contributed by atoms with van der Waals surface area (Å²) in [6.07, 6.45) is 5.72. The highest BCUT2D eigenvalue weighted by atomic mass is 16.5. The molecule has 1 aromatic carbocycles. The van der Waals surface area contributed by atoms with E-state index >= 15 is 0 Å². The lowest BCUT2D eigenvalue weighted by Crippen LogP contribution is -2.43. The van der Waals surface area contributed by atoms with Crippen LogP contribution in [0.2, 0.25) is 0 Å². The summed E-state index contributed by atoms with van der Waals surface area (Å²) in [5.41, 5.74) is 0.675. The third kappa shape index (κ3) is 4.58. The molecule has 4 heteroatoms. The quantitative estimate of drug-likeness (QED) is 0.818. The SMILES string of the molecule is CCC(=O)c1ccc(O[C@H](C)C(=O)NC2CCCCC2)cc1. The first-order chi connectivity index (χ1) is 10.6. The number of ketones is 1. The summed E-state index contributed by atoms with van der Waals surface area (Å²) in [5.74, 6) is 0.647. The van der Waals surface area contributed by atoms with Crippen molar-refractivity contribution in [2.24, 2.45) is 0 Å². The molecule has 2 rings (SSSR count). The summed E-state index contributed by atoms with van der Waals surface area (Å²) >= 11 is 0. The van der Waals surface area contributed by atoms with E-state index in [1.54, 1.807) is 31.2 Å². The lowest BCUT2D eigenvalue weighted by atomic mass is 9.95. The monoisotopic (exact) mass is 303 g/mol. The van der Waals surface area contributed by atoms with E-state index in [-0.39, 0.29) is 17.7 Å². The number of carbonyl (C=O) groups is 2. The zero-order chi connectivity index (χ0) is 15.9. The fraction of sp³-hybridized carbons (Fsp3) is 0.556. The van der Waals surface area contributed by atoms with Gasteiger partial charge in [-0.1, -0.05) is 26.2 Å². The maximum Gasteiger partial charge on any atom is 0.260 e. The van der Waals surface area contributed by atoms with E-state index in [9.17, 15) is 9.59 Å². The molecule has 0 heterocycles. The molecule has 4 nitrogen and oxygen atoms in total. The molecule has 0 bridgehead atoms.